The average Bonchev–Trinajstić information content (AvgIpc) is 2.92. The first-order chi connectivity index (χ1) is 7.11. The average molecular weight is 233 g/mol. The van der Waals surface area contributed by atoms with Gasteiger partial charge in [0, 0.05) is 19.2 Å². The van der Waals surface area contributed by atoms with E-state index in [0.717, 1.165) is 6.42 Å². The summed E-state index contributed by atoms with van der Waals surface area (Å²) in [5.74, 6) is 1.35. The van der Waals surface area contributed by atoms with Crippen molar-refractivity contribution in [3.05, 3.63) is 0 Å². The Morgan fingerprint density at radius 2 is 2.13 bits per heavy atom. The first-order valence-corrected chi connectivity index (χ1v) is 7.38. The summed E-state index contributed by atoms with van der Waals surface area (Å²) >= 11 is 0. The molecule has 2 rings (SSSR count). The molecule has 1 heterocycles. The molecule has 0 aromatic rings. The summed E-state index contributed by atoms with van der Waals surface area (Å²) in [6, 6.07) is 0.504. The molecule has 0 radical (unpaired) electrons. The molecule has 2 atom stereocenters. The fourth-order valence-corrected chi connectivity index (χ4v) is 3.91. The SMILES string of the molecule is COCC(NC1CCS(=O)(=O)C1)C1CC1. The predicted octanol–water partition coefficient (Wildman–Crippen LogP) is 0.188. The molecule has 1 aliphatic heterocycles. The lowest BCUT2D eigenvalue weighted by atomic mass is 10.1. The molecule has 15 heavy (non-hydrogen) atoms. The Bertz CT molecular complexity index is 311. The number of ether oxygens (including phenoxy) is 1. The minimum Gasteiger partial charge on any atom is -0.383 e. The number of rotatable bonds is 5. The minimum absolute atomic E-state index is 0.149. The van der Waals surface area contributed by atoms with E-state index in [0.29, 0.717) is 30.1 Å². The highest BCUT2D eigenvalue weighted by molar-refractivity contribution is 7.91. The number of hydrogen-bond acceptors (Lipinski definition) is 4. The van der Waals surface area contributed by atoms with Crippen molar-refractivity contribution in [2.45, 2.75) is 31.3 Å². The van der Waals surface area contributed by atoms with Crippen LogP contribution in [0.25, 0.3) is 0 Å². The minimum atomic E-state index is -2.76. The molecule has 4 nitrogen and oxygen atoms in total. The lowest BCUT2D eigenvalue weighted by Gasteiger charge is -2.21. The molecule has 0 aromatic heterocycles. The zero-order valence-electron chi connectivity index (χ0n) is 9.11. The van der Waals surface area contributed by atoms with Gasteiger partial charge in [-0.2, -0.15) is 0 Å². The van der Waals surface area contributed by atoms with Crippen LogP contribution in [0.2, 0.25) is 0 Å². The van der Waals surface area contributed by atoms with Crippen molar-refractivity contribution in [2.75, 3.05) is 25.2 Å². The zero-order chi connectivity index (χ0) is 10.9. The molecule has 2 fully saturated rings. The van der Waals surface area contributed by atoms with E-state index >= 15 is 0 Å². The Balaban J connectivity index is 1.84. The van der Waals surface area contributed by atoms with Crippen LogP contribution >= 0.6 is 0 Å². The van der Waals surface area contributed by atoms with Crippen LogP contribution in [-0.4, -0.2) is 45.7 Å². The van der Waals surface area contributed by atoms with E-state index in [1.54, 1.807) is 7.11 Å². The smallest absolute Gasteiger partial charge is 0.151 e. The third-order valence-corrected chi connectivity index (χ3v) is 4.99. The number of methoxy groups -OCH3 is 1. The Morgan fingerprint density at radius 3 is 2.60 bits per heavy atom. The lowest BCUT2D eigenvalue weighted by molar-refractivity contribution is 0.152. The van der Waals surface area contributed by atoms with Gasteiger partial charge in [0.1, 0.15) is 0 Å². The molecular formula is C10H19NO3S. The van der Waals surface area contributed by atoms with Crippen LogP contribution in [0, 0.1) is 5.92 Å². The van der Waals surface area contributed by atoms with E-state index in [2.05, 4.69) is 5.32 Å². The molecule has 0 bridgehead atoms. The second-order valence-electron chi connectivity index (χ2n) is 4.67. The molecule has 1 saturated heterocycles. The highest BCUT2D eigenvalue weighted by Crippen LogP contribution is 2.33. The van der Waals surface area contributed by atoms with E-state index in [9.17, 15) is 8.42 Å². The van der Waals surface area contributed by atoms with Crippen LogP contribution < -0.4 is 5.32 Å². The quantitative estimate of drug-likeness (QED) is 0.736. The van der Waals surface area contributed by atoms with Gasteiger partial charge in [0.15, 0.2) is 9.84 Å². The van der Waals surface area contributed by atoms with Gasteiger partial charge < -0.3 is 10.1 Å². The largest absolute Gasteiger partial charge is 0.383 e. The molecule has 5 heteroatoms. The van der Waals surface area contributed by atoms with Crippen molar-refractivity contribution in [3.8, 4) is 0 Å². The Hall–Kier alpha value is -0.130. The molecule has 88 valence electrons. The summed E-state index contributed by atoms with van der Waals surface area (Å²) < 4.78 is 27.7. The molecular weight excluding hydrogens is 214 g/mol. The summed E-state index contributed by atoms with van der Waals surface area (Å²) in [6.45, 7) is 0.696. The fourth-order valence-electron chi connectivity index (χ4n) is 2.23. The summed E-state index contributed by atoms with van der Waals surface area (Å²) in [6.07, 6.45) is 3.26. The number of sulfone groups is 1. The van der Waals surface area contributed by atoms with Crippen molar-refractivity contribution in [3.63, 3.8) is 0 Å². The Morgan fingerprint density at radius 1 is 1.40 bits per heavy atom. The van der Waals surface area contributed by atoms with Crippen LogP contribution in [0.5, 0.6) is 0 Å². The van der Waals surface area contributed by atoms with Gasteiger partial charge in [0.05, 0.1) is 18.1 Å². The number of hydrogen-bond donors (Lipinski definition) is 1. The summed E-state index contributed by atoms with van der Waals surface area (Å²) in [5.41, 5.74) is 0. The summed E-state index contributed by atoms with van der Waals surface area (Å²) in [5, 5.41) is 3.43. The third-order valence-electron chi connectivity index (χ3n) is 3.22. The molecule has 2 aliphatic rings. The van der Waals surface area contributed by atoms with Gasteiger partial charge in [0.25, 0.3) is 0 Å². The number of nitrogens with one attached hydrogen (secondary N) is 1. The van der Waals surface area contributed by atoms with Crippen LogP contribution in [0.3, 0.4) is 0 Å². The van der Waals surface area contributed by atoms with E-state index in [1.807, 2.05) is 0 Å². The Kier molecular flexibility index (Phi) is 3.33. The van der Waals surface area contributed by atoms with Gasteiger partial charge in [-0.3, -0.25) is 0 Å². The van der Waals surface area contributed by atoms with Gasteiger partial charge in [-0.05, 0) is 25.2 Å². The summed E-state index contributed by atoms with van der Waals surface area (Å²) in [4.78, 5) is 0. The van der Waals surface area contributed by atoms with Gasteiger partial charge in [-0.15, -0.1) is 0 Å². The molecule has 0 aromatic carbocycles. The predicted molar refractivity (Wildman–Crippen MR) is 58.6 cm³/mol. The van der Waals surface area contributed by atoms with Crippen molar-refractivity contribution in [1.29, 1.82) is 0 Å². The third kappa shape index (κ3) is 3.16. The molecule has 1 saturated carbocycles. The first-order valence-electron chi connectivity index (χ1n) is 5.56. The summed E-state index contributed by atoms with van der Waals surface area (Å²) in [7, 11) is -1.07. The monoisotopic (exact) mass is 233 g/mol. The van der Waals surface area contributed by atoms with E-state index in [-0.39, 0.29) is 6.04 Å². The fraction of sp³-hybridized carbons (Fsp3) is 1.00. The maximum absolute atomic E-state index is 11.3. The topological polar surface area (TPSA) is 55.4 Å². The van der Waals surface area contributed by atoms with Crippen molar-refractivity contribution in [1.82, 2.24) is 5.32 Å². The second-order valence-corrected chi connectivity index (χ2v) is 6.89. The van der Waals surface area contributed by atoms with Crippen molar-refractivity contribution < 1.29 is 13.2 Å². The van der Waals surface area contributed by atoms with E-state index < -0.39 is 9.84 Å². The molecule has 2 unspecified atom stereocenters. The lowest BCUT2D eigenvalue weighted by Crippen LogP contribution is -2.43. The molecule has 1 aliphatic carbocycles. The normalized spacial score (nSPS) is 31.7. The first kappa shape index (κ1) is 11.4. The molecule has 0 amide bonds. The van der Waals surface area contributed by atoms with Gasteiger partial charge in [0.2, 0.25) is 0 Å². The van der Waals surface area contributed by atoms with Crippen molar-refractivity contribution in [2.24, 2.45) is 5.92 Å². The van der Waals surface area contributed by atoms with Gasteiger partial charge >= 0.3 is 0 Å². The van der Waals surface area contributed by atoms with Gasteiger partial charge in [-0.1, -0.05) is 0 Å². The van der Waals surface area contributed by atoms with Gasteiger partial charge in [-0.25, -0.2) is 8.42 Å². The highest BCUT2D eigenvalue weighted by Gasteiger charge is 2.35. The maximum atomic E-state index is 11.3. The Labute approximate surface area is 91.3 Å². The van der Waals surface area contributed by atoms with E-state index in [4.69, 9.17) is 4.74 Å². The second kappa shape index (κ2) is 4.39. The molecule has 1 N–H and O–H groups in total. The van der Waals surface area contributed by atoms with E-state index in [1.165, 1.54) is 12.8 Å². The highest BCUT2D eigenvalue weighted by atomic mass is 32.2. The van der Waals surface area contributed by atoms with Crippen LogP contribution in [0.1, 0.15) is 19.3 Å². The zero-order valence-corrected chi connectivity index (χ0v) is 9.92. The maximum Gasteiger partial charge on any atom is 0.151 e. The van der Waals surface area contributed by atoms with Crippen LogP contribution in [0.15, 0.2) is 0 Å². The molecule has 0 spiro atoms. The van der Waals surface area contributed by atoms with Crippen LogP contribution in [0.4, 0.5) is 0 Å². The van der Waals surface area contributed by atoms with Crippen molar-refractivity contribution >= 4 is 9.84 Å². The standard InChI is InChI=1S/C10H19NO3S/c1-14-6-10(8-2-3-8)11-9-4-5-15(12,13)7-9/h8-11H,2-7H2,1H3. The van der Waals surface area contributed by atoms with Crippen LogP contribution in [-0.2, 0) is 14.6 Å².